The second-order valence-electron chi connectivity index (χ2n) is 8.26. The van der Waals surface area contributed by atoms with Gasteiger partial charge in [-0.3, -0.25) is 4.79 Å². The van der Waals surface area contributed by atoms with E-state index in [9.17, 15) is 9.59 Å². The van der Waals surface area contributed by atoms with Gasteiger partial charge in [-0.1, -0.05) is 60.2 Å². The predicted octanol–water partition coefficient (Wildman–Crippen LogP) is 3.83. The highest BCUT2D eigenvalue weighted by molar-refractivity contribution is 5.81. The Morgan fingerprint density at radius 1 is 1.07 bits per heavy atom. The zero-order valence-corrected chi connectivity index (χ0v) is 17.5. The lowest BCUT2D eigenvalue weighted by atomic mass is 9.84. The van der Waals surface area contributed by atoms with Gasteiger partial charge in [-0.15, -0.1) is 0 Å². The Hall–Kier alpha value is -2.82. The lowest BCUT2D eigenvalue weighted by Gasteiger charge is -2.37. The summed E-state index contributed by atoms with van der Waals surface area (Å²) in [7, 11) is 0. The summed E-state index contributed by atoms with van der Waals surface area (Å²) >= 11 is 0. The van der Waals surface area contributed by atoms with Crippen LogP contribution in [0.5, 0.6) is 0 Å². The molecule has 2 aromatic carbocycles. The molecule has 5 nitrogen and oxygen atoms in total. The molecule has 0 radical (unpaired) electrons. The molecule has 3 rings (SSSR count). The largest absolute Gasteiger partial charge is 0.352 e. The molecule has 3 amide bonds. The number of aryl methyl sites for hydroxylation is 1. The number of amides is 3. The van der Waals surface area contributed by atoms with Crippen molar-refractivity contribution in [2.24, 2.45) is 5.92 Å². The van der Waals surface area contributed by atoms with E-state index in [1.165, 1.54) is 11.1 Å². The summed E-state index contributed by atoms with van der Waals surface area (Å²) in [4.78, 5) is 27.4. The van der Waals surface area contributed by atoms with Gasteiger partial charge in [-0.25, -0.2) is 4.79 Å². The van der Waals surface area contributed by atoms with Crippen molar-refractivity contribution in [1.82, 2.24) is 15.5 Å². The van der Waals surface area contributed by atoms with Crippen molar-refractivity contribution in [3.8, 4) is 0 Å². The van der Waals surface area contributed by atoms with E-state index < -0.39 is 0 Å². The zero-order chi connectivity index (χ0) is 20.8. The van der Waals surface area contributed by atoms with Crippen LogP contribution in [0.15, 0.2) is 54.6 Å². The molecule has 0 aromatic heterocycles. The monoisotopic (exact) mass is 393 g/mol. The number of benzene rings is 2. The summed E-state index contributed by atoms with van der Waals surface area (Å²) in [5.74, 6) is -0.0660. The van der Waals surface area contributed by atoms with Gasteiger partial charge in [0.15, 0.2) is 0 Å². The number of likely N-dealkylation sites (tertiary alicyclic amines) is 1. The highest BCUT2D eigenvalue weighted by Crippen LogP contribution is 2.30. The first-order valence-corrected chi connectivity index (χ1v) is 10.4. The third-order valence-electron chi connectivity index (χ3n) is 5.34. The van der Waals surface area contributed by atoms with E-state index in [-0.39, 0.29) is 29.8 Å². The fraction of sp³-hybridized carbons (Fsp3) is 0.417. The topological polar surface area (TPSA) is 61.4 Å². The van der Waals surface area contributed by atoms with Gasteiger partial charge in [0.1, 0.15) is 0 Å². The summed E-state index contributed by atoms with van der Waals surface area (Å²) in [5.41, 5.74) is 3.43. The first kappa shape index (κ1) is 20.9. The summed E-state index contributed by atoms with van der Waals surface area (Å²) in [5, 5.41) is 6.03. The molecule has 1 fully saturated rings. The van der Waals surface area contributed by atoms with Crippen LogP contribution in [0.1, 0.15) is 42.9 Å². The molecule has 0 saturated carbocycles. The Bertz CT molecular complexity index is 835. The standard InChI is InChI=1S/C24H31N3O2/c1-17(2)26-24(29)27-15-21(20-10-5-4-6-11-20)13-22(16-27)23(28)25-14-19-9-7-8-18(3)12-19/h4-12,17,21-22H,13-16H2,1-3H3,(H,25,28)(H,26,29). The fourth-order valence-electron chi connectivity index (χ4n) is 3.92. The number of hydrogen-bond donors (Lipinski definition) is 2. The van der Waals surface area contributed by atoms with Crippen LogP contribution in [0.25, 0.3) is 0 Å². The number of hydrogen-bond acceptors (Lipinski definition) is 2. The van der Waals surface area contributed by atoms with Crippen LogP contribution in [0.3, 0.4) is 0 Å². The predicted molar refractivity (Wildman–Crippen MR) is 116 cm³/mol. The van der Waals surface area contributed by atoms with E-state index in [1.54, 1.807) is 4.90 Å². The van der Waals surface area contributed by atoms with Gasteiger partial charge < -0.3 is 15.5 Å². The lowest BCUT2D eigenvalue weighted by Crippen LogP contribution is -2.52. The molecule has 29 heavy (non-hydrogen) atoms. The number of carbonyl (C=O) groups is 2. The minimum atomic E-state index is -0.225. The third kappa shape index (κ3) is 5.83. The molecule has 1 saturated heterocycles. The molecule has 1 aliphatic heterocycles. The van der Waals surface area contributed by atoms with Crippen molar-refractivity contribution in [2.45, 2.75) is 45.7 Å². The maximum Gasteiger partial charge on any atom is 0.317 e. The van der Waals surface area contributed by atoms with Gasteiger partial charge in [0, 0.05) is 31.6 Å². The molecule has 2 unspecified atom stereocenters. The van der Waals surface area contributed by atoms with Crippen LogP contribution in [0, 0.1) is 12.8 Å². The van der Waals surface area contributed by atoms with Gasteiger partial charge in [0.05, 0.1) is 5.92 Å². The molecular weight excluding hydrogens is 362 g/mol. The molecule has 154 valence electrons. The Morgan fingerprint density at radius 3 is 2.52 bits per heavy atom. The third-order valence-corrected chi connectivity index (χ3v) is 5.34. The van der Waals surface area contributed by atoms with Crippen molar-refractivity contribution in [1.29, 1.82) is 0 Å². The second-order valence-corrected chi connectivity index (χ2v) is 8.26. The van der Waals surface area contributed by atoms with Gasteiger partial charge >= 0.3 is 6.03 Å². The molecule has 1 aliphatic rings. The molecule has 2 N–H and O–H groups in total. The van der Waals surface area contributed by atoms with Gasteiger partial charge in [-0.05, 0) is 38.3 Å². The van der Waals surface area contributed by atoms with Crippen molar-refractivity contribution >= 4 is 11.9 Å². The molecular formula is C24H31N3O2. The summed E-state index contributed by atoms with van der Waals surface area (Å²) < 4.78 is 0. The van der Waals surface area contributed by atoms with Crippen molar-refractivity contribution < 1.29 is 9.59 Å². The van der Waals surface area contributed by atoms with E-state index in [0.29, 0.717) is 19.6 Å². The quantitative estimate of drug-likeness (QED) is 0.811. The Labute approximate surface area is 173 Å². The fourth-order valence-corrected chi connectivity index (χ4v) is 3.92. The molecule has 2 atom stereocenters. The Morgan fingerprint density at radius 2 is 1.83 bits per heavy atom. The van der Waals surface area contributed by atoms with Crippen LogP contribution in [0.4, 0.5) is 4.79 Å². The van der Waals surface area contributed by atoms with Gasteiger partial charge in [0.25, 0.3) is 0 Å². The highest BCUT2D eigenvalue weighted by atomic mass is 16.2. The number of carbonyl (C=O) groups excluding carboxylic acids is 2. The molecule has 2 aromatic rings. The number of nitrogens with zero attached hydrogens (tertiary/aromatic N) is 1. The van der Waals surface area contributed by atoms with E-state index >= 15 is 0 Å². The average Bonchev–Trinajstić information content (AvgIpc) is 2.72. The van der Waals surface area contributed by atoms with Crippen molar-refractivity contribution in [2.75, 3.05) is 13.1 Å². The molecule has 0 bridgehead atoms. The summed E-state index contributed by atoms with van der Waals surface area (Å²) in [6, 6.07) is 18.3. The van der Waals surface area contributed by atoms with Crippen LogP contribution >= 0.6 is 0 Å². The second kappa shape index (κ2) is 9.59. The van der Waals surface area contributed by atoms with Crippen LogP contribution in [-0.4, -0.2) is 36.0 Å². The Balaban J connectivity index is 1.71. The normalized spacial score (nSPS) is 19.1. The maximum atomic E-state index is 13.0. The van der Waals surface area contributed by atoms with Gasteiger partial charge in [0.2, 0.25) is 5.91 Å². The molecule has 0 spiro atoms. The lowest BCUT2D eigenvalue weighted by molar-refractivity contribution is -0.126. The van der Waals surface area contributed by atoms with E-state index in [2.05, 4.69) is 28.8 Å². The first-order chi connectivity index (χ1) is 13.9. The summed E-state index contributed by atoms with van der Waals surface area (Å²) in [6.07, 6.45) is 0.745. The maximum absolute atomic E-state index is 13.0. The zero-order valence-electron chi connectivity index (χ0n) is 17.5. The van der Waals surface area contributed by atoms with E-state index in [4.69, 9.17) is 0 Å². The van der Waals surface area contributed by atoms with Crippen LogP contribution in [-0.2, 0) is 11.3 Å². The first-order valence-electron chi connectivity index (χ1n) is 10.4. The Kier molecular flexibility index (Phi) is 6.91. The smallest absolute Gasteiger partial charge is 0.317 e. The van der Waals surface area contributed by atoms with Crippen molar-refractivity contribution in [3.63, 3.8) is 0 Å². The van der Waals surface area contributed by atoms with Crippen molar-refractivity contribution in [3.05, 3.63) is 71.3 Å². The molecule has 0 aliphatic carbocycles. The van der Waals surface area contributed by atoms with E-state index in [0.717, 1.165) is 12.0 Å². The number of urea groups is 1. The van der Waals surface area contributed by atoms with Gasteiger partial charge in [-0.2, -0.15) is 0 Å². The minimum Gasteiger partial charge on any atom is -0.352 e. The molecule has 5 heteroatoms. The number of rotatable bonds is 5. The number of nitrogens with one attached hydrogen (secondary N) is 2. The van der Waals surface area contributed by atoms with E-state index in [1.807, 2.05) is 57.2 Å². The molecule has 1 heterocycles. The SMILES string of the molecule is Cc1cccc(CNC(=O)C2CC(c3ccccc3)CN(C(=O)NC(C)C)C2)c1. The summed E-state index contributed by atoms with van der Waals surface area (Å²) in [6.45, 7) is 7.52. The number of piperidine rings is 1. The average molecular weight is 394 g/mol. The minimum absolute atomic E-state index is 0.00878. The highest BCUT2D eigenvalue weighted by Gasteiger charge is 2.34. The van der Waals surface area contributed by atoms with Crippen LogP contribution < -0.4 is 10.6 Å². The van der Waals surface area contributed by atoms with Crippen LogP contribution in [0.2, 0.25) is 0 Å².